The summed E-state index contributed by atoms with van der Waals surface area (Å²) in [7, 11) is 4.61. The van der Waals surface area contributed by atoms with E-state index in [0.717, 1.165) is 10.5 Å². The van der Waals surface area contributed by atoms with Crippen molar-refractivity contribution in [1.29, 1.82) is 0 Å². The van der Waals surface area contributed by atoms with Gasteiger partial charge in [0.2, 0.25) is 5.91 Å². The summed E-state index contributed by atoms with van der Waals surface area (Å²) in [6, 6.07) is 37.7. The molecular formula is C39H35N3O6S. The van der Waals surface area contributed by atoms with Crippen LogP contribution in [0.25, 0.3) is 6.08 Å². The van der Waals surface area contributed by atoms with Crippen LogP contribution in [0, 0.1) is 0 Å². The molecule has 0 heterocycles. The smallest absolute Gasteiger partial charge is 0.272 e. The molecule has 5 rings (SSSR count). The Labute approximate surface area is 289 Å². The SMILES string of the molecule is COc1ccccc1NC(=O)C(Sc1ccc(NC(=O)/C(=C/c2ccc(OC)c(OC)c2)NC(=O)c2ccccc2)cc1)c1ccccc1. The minimum absolute atomic E-state index is 0.0247. The van der Waals surface area contributed by atoms with Crippen molar-refractivity contribution in [3.05, 3.63) is 150 Å². The summed E-state index contributed by atoms with van der Waals surface area (Å²) in [6.45, 7) is 0. The van der Waals surface area contributed by atoms with E-state index in [1.165, 1.54) is 26.0 Å². The quantitative estimate of drug-likeness (QED) is 0.0872. The highest BCUT2D eigenvalue weighted by atomic mass is 32.2. The number of thioether (sulfide) groups is 1. The molecule has 0 saturated heterocycles. The Balaban J connectivity index is 1.35. The average molecular weight is 674 g/mol. The van der Waals surface area contributed by atoms with E-state index in [1.807, 2.05) is 54.6 Å². The second-order valence-electron chi connectivity index (χ2n) is 10.6. The van der Waals surface area contributed by atoms with Crippen molar-refractivity contribution in [3.8, 4) is 17.2 Å². The number of carbonyl (C=O) groups excluding carboxylic acids is 3. The van der Waals surface area contributed by atoms with Gasteiger partial charge in [-0.05, 0) is 77.9 Å². The Kier molecular flexibility index (Phi) is 11.7. The summed E-state index contributed by atoms with van der Waals surface area (Å²) in [5, 5.41) is 8.04. The third-order valence-corrected chi connectivity index (χ3v) is 8.59. The molecule has 10 heteroatoms. The van der Waals surface area contributed by atoms with Crippen LogP contribution >= 0.6 is 11.8 Å². The van der Waals surface area contributed by atoms with Crippen LogP contribution in [0.15, 0.2) is 138 Å². The average Bonchev–Trinajstić information content (AvgIpc) is 3.14. The summed E-state index contributed by atoms with van der Waals surface area (Å²) < 4.78 is 16.2. The Bertz CT molecular complexity index is 1930. The Morgan fingerprint density at radius 2 is 1.29 bits per heavy atom. The van der Waals surface area contributed by atoms with E-state index in [2.05, 4.69) is 16.0 Å². The molecular weight excluding hydrogens is 639 g/mol. The van der Waals surface area contributed by atoms with Crippen molar-refractivity contribution in [2.24, 2.45) is 0 Å². The third kappa shape index (κ3) is 9.09. The normalized spacial score (nSPS) is 11.5. The molecule has 3 amide bonds. The maximum absolute atomic E-state index is 13.6. The van der Waals surface area contributed by atoms with Crippen LogP contribution in [-0.4, -0.2) is 39.1 Å². The molecule has 0 fully saturated rings. The summed E-state index contributed by atoms with van der Waals surface area (Å²) in [5.74, 6) is 0.391. The number of nitrogens with one attached hydrogen (secondary N) is 3. The molecule has 0 saturated carbocycles. The van der Waals surface area contributed by atoms with Crippen LogP contribution in [0.4, 0.5) is 11.4 Å². The lowest BCUT2D eigenvalue weighted by Crippen LogP contribution is -2.30. The first-order valence-electron chi connectivity index (χ1n) is 15.3. The van der Waals surface area contributed by atoms with Gasteiger partial charge in [0.1, 0.15) is 16.7 Å². The summed E-state index contributed by atoms with van der Waals surface area (Å²) in [4.78, 5) is 41.1. The van der Waals surface area contributed by atoms with Gasteiger partial charge in [0.15, 0.2) is 11.5 Å². The number of amides is 3. The van der Waals surface area contributed by atoms with Crippen LogP contribution in [0.2, 0.25) is 0 Å². The zero-order valence-electron chi connectivity index (χ0n) is 27.1. The molecule has 5 aromatic carbocycles. The first-order valence-corrected chi connectivity index (χ1v) is 16.1. The number of para-hydroxylation sites is 2. The van der Waals surface area contributed by atoms with Crippen LogP contribution in [-0.2, 0) is 9.59 Å². The number of anilines is 2. The van der Waals surface area contributed by atoms with Gasteiger partial charge in [0.05, 0.1) is 27.0 Å². The lowest BCUT2D eigenvalue weighted by molar-refractivity contribution is -0.116. The van der Waals surface area contributed by atoms with Crippen LogP contribution < -0.4 is 30.2 Å². The fourth-order valence-corrected chi connectivity index (χ4v) is 5.87. The lowest BCUT2D eigenvalue weighted by Gasteiger charge is -2.18. The first kappa shape index (κ1) is 34.3. The molecule has 0 radical (unpaired) electrons. The zero-order valence-corrected chi connectivity index (χ0v) is 28.0. The predicted molar refractivity (Wildman–Crippen MR) is 193 cm³/mol. The van der Waals surface area contributed by atoms with Gasteiger partial charge in [0.25, 0.3) is 11.8 Å². The van der Waals surface area contributed by atoms with Crippen molar-refractivity contribution in [2.75, 3.05) is 32.0 Å². The molecule has 0 aromatic heterocycles. The van der Waals surface area contributed by atoms with Gasteiger partial charge in [-0.25, -0.2) is 0 Å². The van der Waals surface area contributed by atoms with Crippen molar-refractivity contribution in [1.82, 2.24) is 5.32 Å². The monoisotopic (exact) mass is 673 g/mol. The number of hydrogen-bond donors (Lipinski definition) is 3. The predicted octanol–water partition coefficient (Wildman–Crippen LogP) is 7.59. The van der Waals surface area contributed by atoms with Gasteiger partial charge in [-0.2, -0.15) is 0 Å². The van der Waals surface area contributed by atoms with E-state index in [1.54, 1.807) is 86.0 Å². The van der Waals surface area contributed by atoms with Crippen molar-refractivity contribution >= 4 is 46.9 Å². The highest BCUT2D eigenvalue weighted by Crippen LogP contribution is 2.37. The summed E-state index contributed by atoms with van der Waals surface area (Å²) in [6.07, 6.45) is 1.56. The number of rotatable bonds is 13. The fraction of sp³-hybridized carbons (Fsp3) is 0.103. The number of carbonyl (C=O) groups is 3. The Morgan fingerprint density at radius 1 is 0.653 bits per heavy atom. The third-order valence-electron chi connectivity index (χ3n) is 7.32. The zero-order chi connectivity index (χ0) is 34.6. The van der Waals surface area contributed by atoms with Crippen LogP contribution in [0.3, 0.4) is 0 Å². The van der Waals surface area contributed by atoms with E-state index in [-0.39, 0.29) is 11.6 Å². The highest BCUT2D eigenvalue weighted by molar-refractivity contribution is 8.00. The second kappa shape index (κ2) is 16.7. The van der Waals surface area contributed by atoms with Crippen molar-refractivity contribution in [2.45, 2.75) is 10.1 Å². The van der Waals surface area contributed by atoms with Crippen LogP contribution in [0.5, 0.6) is 17.2 Å². The lowest BCUT2D eigenvalue weighted by atomic mass is 10.1. The molecule has 0 aliphatic heterocycles. The molecule has 1 unspecified atom stereocenters. The largest absolute Gasteiger partial charge is 0.495 e. The van der Waals surface area contributed by atoms with Gasteiger partial charge < -0.3 is 30.2 Å². The van der Waals surface area contributed by atoms with Gasteiger partial charge in [-0.15, -0.1) is 11.8 Å². The summed E-state index contributed by atoms with van der Waals surface area (Å²) in [5.41, 5.74) is 2.94. The van der Waals surface area contributed by atoms with E-state index >= 15 is 0 Å². The first-order chi connectivity index (χ1) is 23.9. The number of hydrogen-bond acceptors (Lipinski definition) is 7. The van der Waals surface area contributed by atoms with E-state index in [0.29, 0.717) is 39.8 Å². The van der Waals surface area contributed by atoms with Gasteiger partial charge >= 0.3 is 0 Å². The molecule has 9 nitrogen and oxygen atoms in total. The topological polar surface area (TPSA) is 115 Å². The second-order valence-corrected chi connectivity index (χ2v) is 11.7. The number of benzene rings is 5. The molecule has 1 atom stereocenters. The van der Waals surface area contributed by atoms with Crippen molar-refractivity contribution < 1.29 is 28.6 Å². The molecule has 0 bridgehead atoms. The van der Waals surface area contributed by atoms with Crippen molar-refractivity contribution in [3.63, 3.8) is 0 Å². The van der Waals surface area contributed by atoms with E-state index in [9.17, 15) is 14.4 Å². The number of methoxy groups -OCH3 is 3. The fourth-order valence-electron chi connectivity index (χ4n) is 4.85. The van der Waals surface area contributed by atoms with E-state index in [4.69, 9.17) is 14.2 Å². The summed E-state index contributed by atoms with van der Waals surface area (Å²) >= 11 is 1.37. The standard InChI is InChI=1S/C39H35N3O6S/c1-46-33-17-11-10-16-31(33)41-39(45)36(27-12-6-4-7-13-27)49-30-21-19-29(20-22-30)40-38(44)32(42-37(43)28-14-8-5-9-15-28)24-26-18-23-34(47-2)35(25-26)48-3/h4-25,36H,1-3H3,(H,40,44)(H,41,45)(H,42,43)/b32-24-. The molecule has 49 heavy (non-hydrogen) atoms. The highest BCUT2D eigenvalue weighted by Gasteiger charge is 2.23. The Morgan fingerprint density at radius 3 is 1.96 bits per heavy atom. The molecule has 248 valence electrons. The van der Waals surface area contributed by atoms with E-state index < -0.39 is 17.1 Å². The minimum Gasteiger partial charge on any atom is -0.495 e. The molecule has 0 aliphatic rings. The molecule has 0 aliphatic carbocycles. The maximum atomic E-state index is 13.6. The minimum atomic E-state index is -0.573. The molecule has 3 N–H and O–H groups in total. The van der Waals surface area contributed by atoms with Gasteiger partial charge in [0, 0.05) is 16.1 Å². The number of ether oxygens (including phenoxy) is 3. The molecule has 0 spiro atoms. The van der Waals surface area contributed by atoms with Gasteiger partial charge in [-0.1, -0.05) is 66.7 Å². The van der Waals surface area contributed by atoms with Gasteiger partial charge in [-0.3, -0.25) is 14.4 Å². The van der Waals surface area contributed by atoms with Crippen LogP contribution in [0.1, 0.15) is 26.7 Å². The molecule has 5 aromatic rings. The maximum Gasteiger partial charge on any atom is 0.272 e. The Hall–Kier alpha value is -6.00.